The van der Waals surface area contributed by atoms with Crippen LogP contribution in [-0.4, -0.2) is 5.54 Å². The van der Waals surface area contributed by atoms with E-state index in [4.69, 9.17) is 22.9 Å². The topological polar surface area (TPSA) is 0 Å². The lowest BCUT2D eigenvalue weighted by Gasteiger charge is -1.95. The molecule has 0 unspecified atom stereocenters. The Bertz CT molecular complexity index is 186. The summed E-state index contributed by atoms with van der Waals surface area (Å²) in [6.07, 6.45) is 3.57. The average Bonchev–Trinajstić information content (AvgIpc) is 1.86. The Balaban J connectivity index is 3.68. The van der Waals surface area contributed by atoms with Crippen LogP contribution in [0.25, 0.3) is 0 Å². The molecule has 11 heavy (non-hydrogen) atoms. The van der Waals surface area contributed by atoms with E-state index in [2.05, 4.69) is 11.8 Å². The van der Waals surface area contributed by atoms with E-state index in [0.29, 0.717) is 0 Å². The Kier molecular flexibility index (Phi) is 6.61. The van der Waals surface area contributed by atoms with Crippen LogP contribution in [-0.2, 0) is 0 Å². The van der Waals surface area contributed by atoms with Gasteiger partial charge in [-0.3, -0.25) is 0 Å². The molecular weight excluding hydrogens is 178 g/mol. The van der Waals surface area contributed by atoms with E-state index in [9.17, 15) is 0 Å². The van der Waals surface area contributed by atoms with Crippen LogP contribution in [0.3, 0.4) is 0 Å². The zero-order chi connectivity index (χ0) is 8.69. The minimum Gasteiger partial charge on any atom is -0.171 e. The van der Waals surface area contributed by atoms with E-state index in [1.807, 2.05) is 19.9 Å². The molecule has 0 aromatic rings. The molecule has 0 fully saturated rings. The zero-order valence-corrected chi connectivity index (χ0v) is 8.34. The van der Waals surface area contributed by atoms with E-state index >= 15 is 0 Å². The first-order valence-electron chi connectivity index (χ1n) is 3.50. The number of halogens is 2. The van der Waals surface area contributed by atoms with Crippen molar-refractivity contribution in [2.75, 3.05) is 0 Å². The molecule has 0 radical (unpaired) electrons. The number of hydrogen-bond acceptors (Lipinski definition) is 0. The third kappa shape index (κ3) is 7.85. The van der Waals surface area contributed by atoms with Crippen molar-refractivity contribution in [3.05, 3.63) is 11.6 Å². The lowest BCUT2D eigenvalue weighted by molar-refractivity contribution is 1.30. The molecule has 0 nitrogen and oxygen atoms in total. The molecular formula is C8H11BCl2. The van der Waals surface area contributed by atoms with Crippen molar-refractivity contribution in [2.24, 2.45) is 0 Å². The maximum atomic E-state index is 5.57. The molecule has 0 aromatic heterocycles. The van der Waals surface area contributed by atoms with Crippen molar-refractivity contribution < 1.29 is 0 Å². The van der Waals surface area contributed by atoms with Crippen molar-refractivity contribution in [3.63, 3.8) is 0 Å². The van der Waals surface area contributed by atoms with Crippen LogP contribution in [0.1, 0.15) is 20.3 Å². The molecule has 0 aliphatic heterocycles. The Morgan fingerprint density at radius 2 is 2.18 bits per heavy atom. The summed E-state index contributed by atoms with van der Waals surface area (Å²) in [6, 6.07) is 0. The Hall–Kier alpha value is -0.0551. The number of rotatable bonds is 3. The molecule has 0 aromatic carbocycles. The largest absolute Gasteiger partial charge is 0.355 e. The minimum absolute atomic E-state index is 0.291. The highest BCUT2D eigenvalue weighted by Gasteiger charge is 2.04. The smallest absolute Gasteiger partial charge is 0.171 e. The van der Waals surface area contributed by atoms with Gasteiger partial charge in [0, 0.05) is 6.42 Å². The average molecular weight is 189 g/mol. The van der Waals surface area contributed by atoms with Gasteiger partial charge in [0.25, 0.3) is 0 Å². The van der Waals surface area contributed by atoms with Gasteiger partial charge in [0.2, 0.25) is 0 Å². The van der Waals surface area contributed by atoms with E-state index in [0.717, 1.165) is 12.7 Å². The second kappa shape index (κ2) is 6.64. The molecule has 60 valence electrons. The summed E-state index contributed by atoms with van der Waals surface area (Å²) in [5, 5.41) is 0. The van der Waals surface area contributed by atoms with E-state index in [1.54, 1.807) is 0 Å². The second-order valence-electron chi connectivity index (χ2n) is 2.28. The lowest BCUT2D eigenvalue weighted by Crippen LogP contribution is -1.91. The third-order valence-corrected chi connectivity index (χ3v) is 1.51. The van der Waals surface area contributed by atoms with Crippen LogP contribution in [0.5, 0.6) is 0 Å². The maximum Gasteiger partial charge on any atom is 0.355 e. The molecule has 0 saturated heterocycles. The fourth-order valence-corrected chi connectivity index (χ4v) is 1.14. The van der Waals surface area contributed by atoms with E-state index in [1.165, 1.54) is 5.57 Å². The second-order valence-corrected chi connectivity index (χ2v) is 3.55. The first-order chi connectivity index (χ1) is 5.16. The summed E-state index contributed by atoms with van der Waals surface area (Å²) < 4.78 is 0. The standard InChI is InChI=1S/C8H11BCl2/c1-3-4-5-6-8(2)7-9(10)11/h6H,5,7H2,1-2H3/b8-6+. The van der Waals surface area contributed by atoms with E-state index < -0.39 is 0 Å². The fourth-order valence-electron chi connectivity index (χ4n) is 0.654. The number of allylic oxidation sites excluding steroid dienone is 2. The monoisotopic (exact) mass is 188 g/mol. The van der Waals surface area contributed by atoms with Gasteiger partial charge in [0.1, 0.15) is 0 Å². The van der Waals surface area contributed by atoms with Crippen LogP contribution >= 0.6 is 22.9 Å². The van der Waals surface area contributed by atoms with Crippen molar-refractivity contribution in [1.29, 1.82) is 0 Å². The van der Waals surface area contributed by atoms with Crippen molar-refractivity contribution in [3.8, 4) is 11.8 Å². The van der Waals surface area contributed by atoms with E-state index in [-0.39, 0.29) is 5.54 Å². The number of hydrogen-bond donors (Lipinski definition) is 0. The van der Waals surface area contributed by atoms with Gasteiger partial charge in [0.05, 0.1) is 0 Å². The van der Waals surface area contributed by atoms with Crippen LogP contribution in [0.4, 0.5) is 0 Å². The van der Waals surface area contributed by atoms with Crippen LogP contribution in [0.2, 0.25) is 6.32 Å². The summed E-state index contributed by atoms with van der Waals surface area (Å²) in [6.45, 7) is 3.84. The third-order valence-electron chi connectivity index (χ3n) is 1.21. The van der Waals surface area contributed by atoms with Crippen LogP contribution < -0.4 is 0 Å². The molecule has 0 rings (SSSR count). The van der Waals surface area contributed by atoms with Crippen molar-refractivity contribution in [2.45, 2.75) is 26.6 Å². The normalized spacial score (nSPS) is 10.4. The molecule has 0 aliphatic carbocycles. The van der Waals surface area contributed by atoms with Gasteiger partial charge in [-0.05, 0) is 20.2 Å². The quantitative estimate of drug-likeness (QED) is 0.362. The van der Waals surface area contributed by atoms with Crippen molar-refractivity contribution in [1.82, 2.24) is 0 Å². The Labute approximate surface area is 78.9 Å². The maximum absolute atomic E-state index is 5.57. The molecule has 0 atom stereocenters. The summed E-state index contributed by atoms with van der Waals surface area (Å²) in [5.74, 6) is 5.76. The molecule has 0 spiro atoms. The van der Waals surface area contributed by atoms with Gasteiger partial charge in [-0.1, -0.05) is 17.6 Å². The molecule has 0 bridgehead atoms. The van der Waals surface area contributed by atoms with Gasteiger partial charge in [-0.2, -0.15) is 22.9 Å². The first kappa shape index (κ1) is 10.9. The summed E-state index contributed by atoms with van der Waals surface area (Å²) in [5.41, 5.74) is 0.906. The van der Waals surface area contributed by atoms with Gasteiger partial charge in [-0.25, -0.2) is 0 Å². The predicted octanol–water partition coefficient (Wildman–Crippen LogP) is 3.31. The molecule has 0 amide bonds. The fraction of sp³-hybridized carbons (Fsp3) is 0.500. The summed E-state index contributed by atoms with van der Waals surface area (Å²) >= 11 is 11.1. The minimum atomic E-state index is -0.291. The summed E-state index contributed by atoms with van der Waals surface area (Å²) in [7, 11) is 0. The van der Waals surface area contributed by atoms with Gasteiger partial charge in [-0.15, -0.1) is 5.92 Å². The van der Waals surface area contributed by atoms with Crippen molar-refractivity contribution >= 4 is 28.5 Å². The SMILES string of the molecule is CC#CC/C=C(\C)CB(Cl)Cl. The lowest BCUT2D eigenvalue weighted by atomic mass is 9.94. The predicted molar refractivity (Wildman–Crippen MR) is 54.1 cm³/mol. The molecule has 0 N–H and O–H groups in total. The molecule has 0 heterocycles. The first-order valence-corrected chi connectivity index (χ1v) is 4.37. The highest BCUT2D eigenvalue weighted by atomic mass is 35.5. The summed E-state index contributed by atoms with van der Waals surface area (Å²) in [4.78, 5) is 0. The molecule has 0 aliphatic rings. The highest BCUT2D eigenvalue weighted by Crippen LogP contribution is 2.11. The zero-order valence-electron chi connectivity index (χ0n) is 6.82. The molecule has 3 heteroatoms. The Morgan fingerprint density at radius 1 is 1.55 bits per heavy atom. The van der Waals surface area contributed by atoms with Gasteiger partial charge in [0.15, 0.2) is 0 Å². The van der Waals surface area contributed by atoms with Gasteiger partial charge < -0.3 is 0 Å². The van der Waals surface area contributed by atoms with Gasteiger partial charge >= 0.3 is 5.54 Å². The highest BCUT2D eigenvalue weighted by molar-refractivity contribution is 7.34. The van der Waals surface area contributed by atoms with Crippen LogP contribution in [0.15, 0.2) is 11.6 Å². The Morgan fingerprint density at radius 3 is 2.64 bits per heavy atom. The van der Waals surface area contributed by atoms with Crippen LogP contribution in [0, 0.1) is 11.8 Å². The molecule has 0 saturated carbocycles.